The second-order valence-electron chi connectivity index (χ2n) is 4.71. The van der Waals surface area contributed by atoms with Gasteiger partial charge in [-0.05, 0) is 24.3 Å². The van der Waals surface area contributed by atoms with Gasteiger partial charge in [-0.2, -0.15) is 0 Å². The Labute approximate surface area is 121 Å². The fourth-order valence-electron chi connectivity index (χ4n) is 2.70. The number of hydrogen-bond acceptors (Lipinski definition) is 1. The molecule has 4 rings (SSSR count). The average Bonchev–Trinajstić information content (AvgIpc) is 2.83. The summed E-state index contributed by atoms with van der Waals surface area (Å²) in [6.07, 6.45) is 1.81. The lowest BCUT2D eigenvalue weighted by atomic mass is 10.2. The Morgan fingerprint density at radius 1 is 0.750 bits per heavy atom. The van der Waals surface area contributed by atoms with Crippen LogP contribution in [0.3, 0.4) is 0 Å². The second-order valence-corrected chi connectivity index (χ2v) is 5.10. The third kappa shape index (κ3) is 1.62. The van der Waals surface area contributed by atoms with Crippen LogP contribution in [-0.4, -0.2) is 9.55 Å². The Kier molecular flexibility index (Phi) is 2.51. The molecule has 0 fully saturated rings. The number of hydrogen-bond donors (Lipinski definition) is 0. The minimum atomic E-state index is 0.509. The first-order chi connectivity index (χ1) is 9.84. The van der Waals surface area contributed by atoms with Gasteiger partial charge in [-0.1, -0.05) is 48.0 Å². The van der Waals surface area contributed by atoms with Crippen molar-refractivity contribution in [1.29, 1.82) is 0 Å². The van der Waals surface area contributed by atoms with Gasteiger partial charge in [0.25, 0.3) is 0 Å². The van der Waals surface area contributed by atoms with Crippen LogP contribution in [-0.2, 0) is 0 Å². The number of halogens is 1. The molecule has 0 unspecified atom stereocenters. The van der Waals surface area contributed by atoms with E-state index in [2.05, 4.69) is 58.1 Å². The van der Waals surface area contributed by atoms with Crippen molar-refractivity contribution in [3.05, 3.63) is 72.0 Å². The maximum atomic E-state index is 5.89. The van der Waals surface area contributed by atoms with E-state index in [9.17, 15) is 0 Å². The molecule has 0 bridgehead atoms. The molecule has 96 valence electrons. The molecule has 0 saturated carbocycles. The number of aromatic nitrogens is 2. The van der Waals surface area contributed by atoms with Gasteiger partial charge in [0, 0.05) is 10.8 Å². The predicted octanol–water partition coefficient (Wildman–Crippen LogP) is 4.83. The molecule has 0 amide bonds. The van der Waals surface area contributed by atoms with E-state index in [1.807, 2.05) is 12.1 Å². The molecular formula is C17H11ClN2. The Morgan fingerprint density at radius 2 is 1.35 bits per heavy atom. The molecule has 0 aliphatic rings. The molecule has 0 saturated heterocycles. The van der Waals surface area contributed by atoms with Crippen LogP contribution in [0.15, 0.2) is 66.9 Å². The van der Waals surface area contributed by atoms with Crippen LogP contribution in [0.5, 0.6) is 0 Å². The molecule has 0 atom stereocenters. The van der Waals surface area contributed by atoms with Crippen molar-refractivity contribution in [3.8, 4) is 5.69 Å². The monoisotopic (exact) mass is 278 g/mol. The number of benzene rings is 2. The Hall–Kier alpha value is -2.32. The topological polar surface area (TPSA) is 17.8 Å². The molecule has 2 heterocycles. The minimum Gasteiger partial charge on any atom is -0.308 e. The summed E-state index contributed by atoms with van der Waals surface area (Å²) in [6.45, 7) is 0. The van der Waals surface area contributed by atoms with Gasteiger partial charge in [0.1, 0.15) is 5.15 Å². The Balaban J connectivity index is 2.17. The molecule has 2 nitrogen and oxygen atoms in total. The fourth-order valence-corrected chi connectivity index (χ4v) is 2.81. The van der Waals surface area contributed by atoms with E-state index in [0.29, 0.717) is 5.15 Å². The highest BCUT2D eigenvalue weighted by Crippen LogP contribution is 2.31. The van der Waals surface area contributed by atoms with Crippen LogP contribution < -0.4 is 0 Å². The van der Waals surface area contributed by atoms with Crippen molar-refractivity contribution in [2.45, 2.75) is 0 Å². The zero-order chi connectivity index (χ0) is 13.5. The summed E-state index contributed by atoms with van der Waals surface area (Å²) in [5.41, 5.74) is 3.38. The van der Waals surface area contributed by atoms with Crippen molar-refractivity contribution < 1.29 is 0 Å². The van der Waals surface area contributed by atoms with Crippen molar-refractivity contribution >= 4 is 33.4 Å². The second kappa shape index (κ2) is 4.36. The van der Waals surface area contributed by atoms with Crippen molar-refractivity contribution in [1.82, 2.24) is 9.55 Å². The molecule has 0 N–H and O–H groups in total. The number of rotatable bonds is 1. The van der Waals surface area contributed by atoms with Crippen LogP contribution in [0.25, 0.3) is 27.5 Å². The first-order valence-corrected chi connectivity index (χ1v) is 6.82. The van der Waals surface area contributed by atoms with Crippen molar-refractivity contribution in [2.75, 3.05) is 0 Å². The Morgan fingerprint density at radius 3 is 1.90 bits per heavy atom. The van der Waals surface area contributed by atoms with Crippen molar-refractivity contribution in [2.24, 2.45) is 0 Å². The van der Waals surface area contributed by atoms with Crippen LogP contribution in [0, 0.1) is 0 Å². The average molecular weight is 279 g/mol. The molecule has 4 aromatic rings. The van der Waals surface area contributed by atoms with Gasteiger partial charge in [-0.15, -0.1) is 0 Å². The van der Waals surface area contributed by atoms with Crippen LogP contribution in [0.1, 0.15) is 0 Å². The SMILES string of the molecule is Clc1ccc(-n2c3ccccc3c3ccccc32)cn1. The van der Waals surface area contributed by atoms with E-state index in [1.165, 1.54) is 21.8 Å². The van der Waals surface area contributed by atoms with E-state index in [0.717, 1.165) is 5.69 Å². The molecule has 0 spiro atoms. The first-order valence-electron chi connectivity index (χ1n) is 6.45. The highest BCUT2D eigenvalue weighted by molar-refractivity contribution is 6.29. The highest BCUT2D eigenvalue weighted by Gasteiger charge is 2.10. The van der Waals surface area contributed by atoms with E-state index >= 15 is 0 Å². The lowest BCUT2D eigenvalue weighted by Gasteiger charge is -2.06. The van der Waals surface area contributed by atoms with Gasteiger partial charge in [0.05, 0.1) is 22.9 Å². The number of fused-ring (bicyclic) bond motifs is 3. The maximum Gasteiger partial charge on any atom is 0.129 e. The molecular weight excluding hydrogens is 268 g/mol. The summed E-state index contributed by atoms with van der Waals surface area (Å²) in [5, 5.41) is 3.01. The van der Waals surface area contributed by atoms with Gasteiger partial charge in [-0.25, -0.2) is 4.98 Å². The Bertz CT molecular complexity index is 854. The molecule has 20 heavy (non-hydrogen) atoms. The summed E-state index contributed by atoms with van der Waals surface area (Å²) in [7, 11) is 0. The first kappa shape index (κ1) is 11.5. The maximum absolute atomic E-state index is 5.89. The summed E-state index contributed by atoms with van der Waals surface area (Å²) in [4.78, 5) is 4.19. The minimum absolute atomic E-state index is 0.509. The van der Waals surface area contributed by atoms with Gasteiger partial charge in [0.2, 0.25) is 0 Å². The summed E-state index contributed by atoms with van der Waals surface area (Å²) >= 11 is 5.89. The molecule has 0 aliphatic heterocycles. The van der Waals surface area contributed by atoms with Crippen LogP contribution in [0.2, 0.25) is 5.15 Å². The molecule has 3 heteroatoms. The summed E-state index contributed by atoms with van der Waals surface area (Å²) in [6, 6.07) is 20.6. The fraction of sp³-hybridized carbons (Fsp3) is 0. The lowest BCUT2D eigenvalue weighted by Crippen LogP contribution is -1.94. The quantitative estimate of drug-likeness (QED) is 0.456. The third-order valence-electron chi connectivity index (χ3n) is 3.55. The summed E-state index contributed by atoms with van der Waals surface area (Å²) in [5.74, 6) is 0. The third-order valence-corrected chi connectivity index (χ3v) is 3.77. The standard InChI is InChI=1S/C17H11ClN2/c18-17-10-9-12(11-19-17)20-15-7-3-1-5-13(15)14-6-2-4-8-16(14)20/h1-11H. The molecule has 2 aromatic heterocycles. The van der Waals surface area contributed by atoms with Crippen molar-refractivity contribution in [3.63, 3.8) is 0 Å². The van der Waals surface area contributed by atoms with Gasteiger partial charge in [-0.3, -0.25) is 0 Å². The van der Waals surface area contributed by atoms with Gasteiger partial charge >= 0.3 is 0 Å². The lowest BCUT2D eigenvalue weighted by molar-refractivity contribution is 1.14. The van der Waals surface area contributed by atoms with Crippen LogP contribution in [0.4, 0.5) is 0 Å². The largest absolute Gasteiger partial charge is 0.308 e. The predicted molar refractivity (Wildman–Crippen MR) is 83.6 cm³/mol. The normalized spacial score (nSPS) is 11.2. The van der Waals surface area contributed by atoms with E-state index in [-0.39, 0.29) is 0 Å². The molecule has 0 aliphatic carbocycles. The summed E-state index contributed by atoms with van der Waals surface area (Å²) < 4.78 is 2.22. The highest BCUT2D eigenvalue weighted by atomic mass is 35.5. The van der Waals surface area contributed by atoms with E-state index in [4.69, 9.17) is 11.6 Å². The van der Waals surface area contributed by atoms with E-state index in [1.54, 1.807) is 6.20 Å². The smallest absolute Gasteiger partial charge is 0.129 e. The number of nitrogens with zero attached hydrogens (tertiary/aromatic N) is 2. The van der Waals surface area contributed by atoms with Crippen LogP contribution >= 0.6 is 11.6 Å². The van der Waals surface area contributed by atoms with E-state index < -0.39 is 0 Å². The molecule has 0 radical (unpaired) electrons. The zero-order valence-electron chi connectivity index (χ0n) is 10.6. The molecule has 2 aromatic carbocycles. The number of pyridine rings is 1. The zero-order valence-corrected chi connectivity index (χ0v) is 11.4. The van der Waals surface area contributed by atoms with Gasteiger partial charge < -0.3 is 4.57 Å². The van der Waals surface area contributed by atoms with Gasteiger partial charge in [0.15, 0.2) is 0 Å². The number of para-hydroxylation sites is 2.